The first-order valence-electron chi connectivity index (χ1n) is 5.95. The van der Waals surface area contributed by atoms with Crippen molar-refractivity contribution in [2.24, 2.45) is 0 Å². The van der Waals surface area contributed by atoms with Crippen molar-refractivity contribution < 1.29 is 9.53 Å². The largest absolute Gasteiger partial charge is 0.462 e. The summed E-state index contributed by atoms with van der Waals surface area (Å²) in [6.07, 6.45) is 0.650. The van der Waals surface area contributed by atoms with Crippen LogP contribution in [0.1, 0.15) is 13.3 Å². The van der Waals surface area contributed by atoms with E-state index in [1.165, 1.54) is 11.8 Å². The van der Waals surface area contributed by atoms with Crippen LogP contribution in [0.25, 0.3) is 5.69 Å². The molecule has 1 saturated heterocycles. The van der Waals surface area contributed by atoms with Crippen LogP contribution in [0.15, 0.2) is 35.5 Å². The molecule has 7 heteroatoms. The molecule has 1 fully saturated rings. The third kappa shape index (κ3) is 2.46. The van der Waals surface area contributed by atoms with E-state index in [1.54, 1.807) is 4.68 Å². The number of hydrogen-bond acceptors (Lipinski definition) is 6. The molecule has 0 amide bonds. The number of carbonyl (C=O) groups is 1. The predicted octanol–water partition coefficient (Wildman–Crippen LogP) is 1.46. The van der Waals surface area contributed by atoms with Gasteiger partial charge < -0.3 is 4.74 Å². The van der Waals surface area contributed by atoms with Crippen LogP contribution in [-0.4, -0.2) is 37.5 Å². The Balaban J connectivity index is 1.83. The van der Waals surface area contributed by atoms with E-state index in [4.69, 9.17) is 4.74 Å². The minimum Gasteiger partial charge on any atom is -0.462 e. The minimum atomic E-state index is -0.233. The second-order valence-electron chi connectivity index (χ2n) is 4.30. The van der Waals surface area contributed by atoms with Crippen LogP contribution in [0.2, 0.25) is 0 Å². The Bertz CT molecular complexity index is 586. The van der Waals surface area contributed by atoms with Crippen molar-refractivity contribution in [1.82, 2.24) is 20.2 Å². The summed E-state index contributed by atoms with van der Waals surface area (Å²) < 4.78 is 6.76. The average molecular weight is 276 g/mol. The summed E-state index contributed by atoms with van der Waals surface area (Å²) in [4.78, 5) is 11.6. The first kappa shape index (κ1) is 12.2. The monoisotopic (exact) mass is 276 g/mol. The van der Waals surface area contributed by atoms with Gasteiger partial charge in [-0.1, -0.05) is 30.0 Å². The molecule has 6 nitrogen and oxygen atoms in total. The van der Waals surface area contributed by atoms with Gasteiger partial charge in [-0.25, -0.2) is 0 Å². The van der Waals surface area contributed by atoms with Gasteiger partial charge in [0, 0.05) is 6.42 Å². The first-order valence-corrected chi connectivity index (χ1v) is 6.83. The first-order chi connectivity index (χ1) is 9.24. The summed E-state index contributed by atoms with van der Waals surface area (Å²) in [6, 6.07) is 9.58. The predicted molar refractivity (Wildman–Crippen MR) is 69.0 cm³/mol. The molecule has 1 aromatic heterocycles. The summed E-state index contributed by atoms with van der Waals surface area (Å²) in [7, 11) is 0. The van der Waals surface area contributed by atoms with E-state index >= 15 is 0 Å². The van der Waals surface area contributed by atoms with Gasteiger partial charge in [0.2, 0.25) is 5.16 Å². The molecule has 0 bridgehead atoms. The van der Waals surface area contributed by atoms with Crippen molar-refractivity contribution in [2.45, 2.75) is 29.9 Å². The molecule has 3 rings (SSSR count). The molecular weight excluding hydrogens is 264 g/mol. The van der Waals surface area contributed by atoms with Gasteiger partial charge in [-0.3, -0.25) is 4.79 Å². The van der Waals surface area contributed by atoms with Crippen LogP contribution in [-0.2, 0) is 9.53 Å². The van der Waals surface area contributed by atoms with Gasteiger partial charge in [-0.2, -0.15) is 4.68 Å². The molecule has 0 N–H and O–H groups in total. The van der Waals surface area contributed by atoms with E-state index < -0.39 is 0 Å². The summed E-state index contributed by atoms with van der Waals surface area (Å²) >= 11 is 1.34. The van der Waals surface area contributed by atoms with Crippen molar-refractivity contribution in [1.29, 1.82) is 0 Å². The van der Waals surface area contributed by atoms with Crippen LogP contribution in [0.3, 0.4) is 0 Å². The fourth-order valence-corrected chi connectivity index (χ4v) is 3.03. The van der Waals surface area contributed by atoms with Gasteiger partial charge in [0.25, 0.3) is 0 Å². The highest BCUT2D eigenvalue weighted by atomic mass is 32.2. The molecule has 0 radical (unpaired) electrons. The van der Waals surface area contributed by atoms with Crippen LogP contribution < -0.4 is 0 Å². The maximum Gasteiger partial charge on any atom is 0.319 e. The highest BCUT2D eigenvalue weighted by Crippen LogP contribution is 2.31. The molecular formula is C12H12N4O2S. The molecule has 0 aliphatic carbocycles. The summed E-state index contributed by atoms with van der Waals surface area (Å²) in [5.74, 6) is -0.194. The average Bonchev–Trinajstić information content (AvgIpc) is 2.98. The zero-order chi connectivity index (χ0) is 13.2. The van der Waals surface area contributed by atoms with Crippen LogP contribution in [0.4, 0.5) is 0 Å². The molecule has 0 unspecified atom stereocenters. The maximum atomic E-state index is 11.6. The van der Waals surface area contributed by atoms with Crippen LogP contribution in [0.5, 0.6) is 0 Å². The van der Waals surface area contributed by atoms with Gasteiger partial charge in [-0.05, 0) is 29.5 Å². The number of aromatic nitrogens is 4. The molecule has 0 spiro atoms. The Hall–Kier alpha value is -1.89. The van der Waals surface area contributed by atoms with E-state index in [9.17, 15) is 4.79 Å². The van der Waals surface area contributed by atoms with Crippen molar-refractivity contribution in [3.8, 4) is 5.69 Å². The number of ether oxygens (including phenoxy) is 1. The molecule has 1 aromatic carbocycles. The molecule has 1 aliphatic heterocycles. The molecule has 1 aliphatic rings. The van der Waals surface area contributed by atoms with Crippen molar-refractivity contribution in [3.63, 3.8) is 0 Å². The number of esters is 1. The fraction of sp³-hybridized carbons (Fsp3) is 0.333. The van der Waals surface area contributed by atoms with Gasteiger partial charge in [0.1, 0.15) is 11.4 Å². The Kier molecular flexibility index (Phi) is 3.20. The number of benzene rings is 1. The highest BCUT2D eigenvalue weighted by molar-refractivity contribution is 8.00. The van der Waals surface area contributed by atoms with E-state index in [2.05, 4.69) is 15.5 Å². The van der Waals surface area contributed by atoms with Crippen molar-refractivity contribution >= 4 is 17.7 Å². The molecule has 0 saturated carbocycles. The van der Waals surface area contributed by atoms with E-state index in [-0.39, 0.29) is 17.3 Å². The summed E-state index contributed by atoms with van der Waals surface area (Å²) in [5, 5.41) is 12.0. The van der Waals surface area contributed by atoms with Gasteiger partial charge in [-0.15, -0.1) is 5.10 Å². The SMILES string of the molecule is C[C@@H]1C[C@@H](Sc2nnnn2-c2ccccc2)C(=O)O1. The van der Waals surface area contributed by atoms with Gasteiger partial charge in [0.05, 0.1) is 5.69 Å². The number of rotatable bonds is 3. The standard InChI is InChI=1S/C12H12N4O2S/c1-8-7-10(11(17)18-8)19-12-13-14-15-16(12)9-5-3-2-4-6-9/h2-6,8,10H,7H2,1H3/t8-,10-/m1/s1. The Morgan fingerprint density at radius 2 is 2.16 bits per heavy atom. The topological polar surface area (TPSA) is 69.9 Å². The van der Waals surface area contributed by atoms with Crippen LogP contribution >= 0.6 is 11.8 Å². The maximum absolute atomic E-state index is 11.6. The number of carbonyl (C=O) groups excluding carboxylic acids is 1. The molecule has 19 heavy (non-hydrogen) atoms. The lowest BCUT2D eigenvalue weighted by atomic mass is 10.3. The summed E-state index contributed by atoms with van der Waals surface area (Å²) in [5.41, 5.74) is 0.870. The minimum absolute atomic E-state index is 0.0361. The molecule has 2 aromatic rings. The number of cyclic esters (lactones) is 1. The van der Waals surface area contributed by atoms with E-state index in [1.807, 2.05) is 37.3 Å². The number of thioether (sulfide) groups is 1. The number of hydrogen-bond donors (Lipinski definition) is 0. The smallest absolute Gasteiger partial charge is 0.319 e. The lowest BCUT2D eigenvalue weighted by molar-refractivity contribution is -0.140. The zero-order valence-electron chi connectivity index (χ0n) is 10.3. The number of nitrogens with zero attached hydrogens (tertiary/aromatic N) is 4. The zero-order valence-corrected chi connectivity index (χ0v) is 11.1. The number of para-hydroxylation sites is 1. The highest BCUT2D eigenvalue weighted by Gasteiger charge is 2.34. The summed E-state index contributed by atoms with van der Waals surface area (Å²) in [6.45, 7) is 1.89. The molecule has 2 atom stereocenters. The van der Waals surface area contributed by atoms with Crippen molar-refractivity contribution in [2.75, 3.05) is 0 Å². The Morgan fingerprint density at radius 1 is 1.37 bits per heavy atom. The number of tetrazole rings is 1. The van der Waals surface area contributed by atoms with Gasteiger partial charge in [0.15, 0.2) is 0 Å². The Labute approximate surface area is 114 Å². The lowest BCUT2D eigenvalue weighted by Gasteiger charge is -2.05. The van der Waals surface area contributed by atoms with Crippen LogP contribution in [0, 0.1) is 0 Å². The van der Waals surface area contributed by atoms with E-state index in [0.717, 1.165) is 5.69 Å². The molecule has 98 valence electrons. The lowest BCUT2D eigenvalue weighted by Crippen LogP contribution is -2.11. The van der Waals surface area contributed by atoms with E-state index in [0.29, 0.717) is 11.6 Å². The van der Waals surface area contributed by atoms with Gasteiger partial charge >= 0.3 is 5.97 Å². The fourth-order valence-electron chi connectivity index (χ4n) is 1.93. The Morgan fingerprint density at radius 3 is 2.84 bits per heavy atom. The quantitative estimate of drug-likeness (QED) is 0.790. The third-order valence-corrected chi connectivity index (χ3v) is 3.95. The third-order valence-electron chi connectivity index (χ3n) is 2.82. The molecule has 2 heterocycles. The second-order valence-corrected chi connectivity index (χ2v) is 5.47. The second kappa shape index (κ2) is 5.00. The normalized spacial score (nSPS) is 22.5. The van der Waals surface area contributed by atoms with Crippen molar-refractivity contribution in [3.05, 3.63) is 30.3 Å².